The molecule has 0 saturated heterocycles. The van der Waals surface area contributed by atoms with E-state index >= 15 is 0 Å². The van der Waals surface area contributed by atoms with Crippen molar-refractivity contribution >= 4 is 55.6 Å². The van der Waals surface area contributed by atoms with Gasteiger partial charge in [0.2, 0.25) is 10.8 Å². The molecule has 0 aromatic heterocycles. The third-order valence-electron chi connectivity index (χ3n) is 7.89. The summed E-state index contributed by atoms with van der Waals surface area (Å²) in [6.45, 7) is 4.40. The molecule has 0 bridgehead atoms. The number of hydrogen-bond donors (Lipinski definition) is 0. The first-order chi connectivity index (χ1) is 21.5. The number of ketones is 1. The Morgan fingerprint density at radius 2 is 1.30 bits per heavy atom. The summed E-state index contributed by atoms with van der Waals surface area (Å²) in [7, 11) is 0. The number of carbonyl (C=O) groups excluding carboxylic acids is 1. The third-order valence-corrected chi connectivity index (χ3v) is 9.73. The van der Waals surface area contributed by atoms with Crippen molar-refractivity contribution in [2.45, 2.75) is 24.8 Å². The van der Waals surface area contributed by atoms with Crippen LogP contribution in [0.1, 0.15) is 52.4 Å². The first-order valence-electron chi connectivity index (χ1n) is 14.5. The lowest BCUT2D eigenvalue weighted by Gasteiger charge is -2.47. The second-order valence-electron chi connectivity index (χ2n) is 11.0. The molecule has 7 rings (SSSR count). The number of fused-ring (bicyclic) bond motifs is 2. The Hall–Kier alpha value is -4.46. The zero-order chi connectivity index (χ0) is 30.3. The smallest absolute Gasteiger partial charge is 0.234 e. The molecule has 0 amide bonds. The highest BCUT2D eigenvalue weighted by Gasteiger charge is 2.56. The van der Waals surface area contributed by atoms with E-state index in [9.17, 15) is 4.79 Å². The van der Waals surface area contributed by atoms with Gasteiger partial charge in [0, 0.05) is 26.7 Å². The van der Waals surface area contributed by atoms with Crippen molar-refractivity contribution in [1.82, 2.24) is 0 Å². The van der Waals surface area contributed by atoms with E-state index < -0.39 is 4.99 Å². The molecule has 0 radical (unpaired) electrons. The van der Waals surface area contributed by atoms with Gasteiger partial charge in [-0.15, -0.1) is 0 Å². The predicted octanol–water partition coefficient (Wildman–Crippen LogP) is 9.41. The van der Waals surface area contributed by atoms with Crippen LogP contribution in [0, 0.1) is 0 Å². The van der Waals surface area contributed by atoms with Crippen LogP contribution in [0.2, 0.25) is 0 Å². The summed E-state index contributed by atoms with van der Waals surface area (Å²) in [6, 6.07) is 44.5. The molecule has 0 aliphatic carbocycles. The first-order valence-corrected chi connectivity index (χ1v) is 16.1. The van der Waals surface area contributed by atoms with Crippen LogP contribution in [-0.4, -0.2) is 16.5 Å². The third kappa shape index (κ3) is 4.86. The van der Waals surface area contributed by atoms with Crippen molar-refractivity contribution in [3.05, 3.63) is 166 Å². The number of benzene rings is 5. The molecule has 0 saturated carbocycles. The maximum atomic E-state index is 14.0. The molecule has 5 nitrogen and oxygen atoms in total. The van der Waals surface area contributed by atoms with Gasteiger partial charge in [-0.25, -0.2) is 10.0 Å². The summed E-state index contributed by atoms with van der Waals surface area (Å²) >= 11 is 5.01. The molecule has 0 N–H and O–H groups in total. The van der Waals surface area contributed by atoms with Crippen molar-refractivity contribution in [3.63, 3.8) is 0 Å². The van der Waals surface area contributed by atoms with E-state index in [4.69, 9.17) is 10.2 Å². The summed E-state index contributed by atoms with van der Waals surface area (Å²) in [6.07, 6.45) is 0. The highest BCUT2D eigenvalue weighted by molar-refractivity contribution is 9.10. The number of thioether (sulfide) groups is 1. The standard InChI is InChI=1S/C37H29BrN4OS/c1-25(2)26-17-19-27(20-18-26)34-32-15-9-10-16-33(32)37(41(39-34)30-13-7-4-8-14-30)42(31-23-21-29(38)22-24-31)40-36(44-37)35(43)28-11-5-3-6-12-28/h3-25H,1-2H3/t37-/m0/s1. The number of nitrogens with zero attached hydrogens (tertiary/aromatic N) is 4. The first kappa shape index (κ1) is 28.3. The van der Waals surface area contributed by atoms with Gasteiger partial charge in [-0.05, 0) is 59.6 Å². The number of para-hydroxylation sites is 1. The lowest BCUT2D eigenvalue weighted by molar-refractivity contribution is 0.106. The highest BCUT2D eigenvalue weighted by atomic mass is 79.9. The molecule has 1 atom stereocenters. The summed E-state index contributed by atoms with van der Waals surface area (Å²) in [5.41, 5.74) is 7.48. The van der Waals surface area contributed by atoms with Crippen molar-refractivity contribution < 1.29 is 4.79 Å². The van der Waals surface area contributed by atoms with Crippen molar-refractivity contribution in [3.8, 4) is 0 Å². The van der Waals surface area contributed by atoms with Crippen LogP contribution < -0.4 is 10.0 Å². The number of carbonyl (C=O) groups is 1. The molecule has 1 spiro atoms. The molecule has 0 unspecified atom stereocenters. The predicted molar refractivity (Wildman–Crippen MR) is 186 cm³/mol. The molecule has 2 heterocycles. The largest absolute Gasteiger partial charge is 0.286 e. The fourth-order valence-electron chi connectivity index (χ4n) is 5.63. The molecule has 5 aromatic rings. The van der Waals surface area contributed by atoms with Gasteiger partial charge in [0.05, 0.1) is 17.1 Å². The van der Waals surface area contributed by atoms with Gasteiger partial charge in [-0.3, -0.25) is 4.79 Å². The maximum absolute atomic E-state index is 14.0. The maximum Gasteiger partial charge on any atom is 0.234 e. The lowest BCUT2D eigenvalue weighted by atomic mass is 9.92. The van der Waals surface area contributed by atoms with Crippen LogP contribution in [0.15, 0.2) is 148 Å². The van der Waals surface area contributed by atoms with Crippen LogP contribution in [0.25, 0.3) is 0 Å². The number of hydrazone groups is 2. The normalized spacial score (nSPS) is 17.5. The van der Waals surface area contributed by atoms with Crippen LogP contribution in [0.5, 0.6) is 0 Å². The Morgan fingerprint density at radius 3 is 1.98 bits per heavy atom. The average Bonchev–Trinajstić information content (AvgIpc) is 3.46. The van der Waals surface area contributed by atoms with Crippen molar-refractivity contribution in [2.24, 2.45) is 10.2 Å². The Balaban J connectivity index is 1.47. The number of hydrogen-bond acceptors (Lipinski definition) is 6. The fraction of sp³-hybridized carbons (Fsp3) is 0.108. The molecule has 216 valence electrons. The molecule has 44 heavy (non-hydrogen) atoms. The zero-order valence-electron chi connectivity index (χ0n) is 24.3. The van der Waals surface area contributed by atoms with E-state index in [-0.39, 0.29) is 5.78 Å². The minimum absolute atomic E-state index is 0.126. The summed E-state index contributed by atoms with van der Waals surface area (Å²) in [4.78, 5) is 13.0. The molecule has 2 aliphatic heterocycles. The number of rotatable bonds is 6. The van der Waals surface area contributed by atoms with Crippen molar-refractivity contribution in [1.29, 1.82) is 0 Å². The van der Waals surface area contributed by atoms with E-state index in [1.807, 2.05) is 94.9 Å². The van der Waals surface area contributed by atoms with E-state index in [0.29, 0.717) is 16.5 Å². The van der Waals surface area contributed by atoms with E-state index in [1.165, 1.54) is 17.3 Å². The van der Waals surface area contributed by atoms with Crippen LogP contribution >= 0.6 is 27.7 Å². The Kier molecular flexibility index (Phi) is 7.44. The SMILES string of the molecule is CC(C)c1ccc(C2=NN(c3ccccc3)[C@@]3(SC(C(=O)c4ccccc4)=NN3c3ccc(Br)cc3)c3ccccc32)cc1. The highest BCUT2D eigenvalue weighted by Crippen LogP contribution is 2.55. The molecule has 7 heteroatoms. The molecule has 0 fully saturated rings. The van der Waals surface area contributed by atoms with Gasteiger partial charge in [-0.1, -0.05) is 127 Å². The van der Waals surface area contributed by atoms with Gasteiger partial charge < -0.3 is 0 Å². The Labute approximate surface area is 270 Å². The summed E-state index contributed by atoms with van der Waals surface area (Å²) in [5, 5.41) is 14.9. The second-order valence-corrected chi connectivity index (χ2v) is 13.1. The molecule has 5 aromatic carbocycles. The average molecular weight is 658 g/mol. The van der Waals surface area contributed by atoms with E-state index in [1.54, 1.807) is 0 Å². The van der Waals surface area contributed by atoms with Gasteiger partial charge in [-0.2, -0.15) is 10.2 Å². The van der Waals surface area contributed by atoms with Crippen LogP contribution in [0.4, 0.5) is 11.4 Å². The zero-order valence-corrected chi connectivity index (χ0v) is 26.7. The monoisotopic (exact) mass is 656 g/mol. The summed E-state index contributed by atoms with van der Waals surface area (Å²) < 4.78 is 0.959. The number of Topliss-reactive ketones (excluding diaryl/α,β-unsaturated/α-hetero) is 1. The van der Waals surface area contributed by atoms with Crippen LogP contribution in [0.3, 0.4) is 0 Å². The van der Waals surface area contributed by atoms with Gasteiger partial charge in [0.25, 0.3) is 0 Å². The van der Waals surface area contributed by atoms with Crippen LogP contribution in [-0.2, 0) is 4.99 Å². The van der Waals surface area contributed by atoms with Gasteiger partial charge in [0.15, 0.2) is 5.04 Å². The van der Waals surface area contributed by atoms with E-state index in [0.717, 1.165) is 38.2 Å². The molecular weight excluding hydrogens is 628 g/mol. The lowest BCUT2D eigenvalue weighted by Crippen LogP contribution is -2.54. The number of halogens is 1. The molecular formula is C37H29BrN4OS. The number of anilines is 2. The molecule has 2 aliphatic rings. The Morgan fingerprint density at radius 1 is 0.705 bits per heavy atom. The van der Waals surface area contributed by atoms with Gasteiger partial charge in [0.1, 0.15) is 0 Å². The second kappa shape index (κ2) is 11.6. The fourth-order valence-corrected chi connectivity index (χ4v) is 7.25. The minimum Gasteiger partial charge on any atom is -0.286 e. The van der Waals surface area contributed by atoms with Crippen molar-refractivity contribution in [2.75, 3.05) is 10.0 Å². The Bertz CT molecular complexity index is 1890. The minimum atomic E-state index is -1.02. The van der Waals surface area contributed by atoms with Gasteiger partial charge >= 0.3 is 0 Å². The van der Waals surface area contributed by atoms with E-state index in [2.05, 4.69) is 78.3 Å². The summed E-state index contributed by atoms with van der Waals surface area (Å²) in [5.74, 6) is 0.305. The quantitative estimate of drug-likeness (QED) is 0.171. The topological polar surface area (TPSA) is 48.3 Å².